The van der Waals surface area contributed by atoms with E-state index >= 15 is 0 Å². The first-order chi connectivity index (χ1) is 6.29. The van der Waals surface area contributed by atoms with E-state index in [1.54, 1.807) is 0 Å². The van der Waals surface area contributed by atoms with Crippen LogP contribution in [-0.2, 0) is 24.2 Å². The van der Waals surface area contributed by atoms with Crippen LogP contribution in [0.4, 0.5) is 0 Å². The van der Waals surface area contributed by atoms with Gasteiger partial charge in [0.2, 0.25) is 0 Å². The van der Waals surface area contributed by atoms with Crippen LogP contribution in [0.2, 0.25) is 0 Å². The zero-order chi connectivity index (χ0) is 9.26. The van der Waals surface area contributed by atoms with Gasteiger partial charge in [-0.1, -0.05) is 6.92 Å². The first-order valence-electron chi connectivity index (χ1n) is 4.86. The van der Waals surface area contributed by atoms with Gasteiger partial charge in [-0.15, -0.1) is 0 Å². The number of fused-ring (bicyclic) bond motifs is 1. The molecule has 70 valence electrons. The lowest BCUT2D eigenvalue weighted by Gasteiger charge is -2.06. The van der Waals surface area contributed by atoms with Gasteiger partial charge in [0.15, 0.2) is 0 Å². The summed E-state index contributed by atoms with van der Waals surface area (Å²) in [7, 11) is 0. The molecule has 0 spiro atoms. The van der Waals surface area contributed by atoms with Gasteiger partial charge in [0.25, 0.3) is 0 Å². The highest BCUT2D eigenvalue weighted by molar-refractivity contribution is 5.82. The number of aromatic nitrogens is 2. The van der Waals surface area contributed by atoms with Gasteiger partial charge in [0.1, 0.15) is 5.78 Å². The Hall–Kier alpha value is -1.12. The molecular weight excluding hydrogens is 164 g/mol. The summed E-state index contributed by atoms with van der Waals surface area (Å²) in [5, 5.41) is 4.44. The van der Waals surface area contributed by atoms with Crippen LogP contribution in [0.15, 0.2) is 6.20 Å². The van der Waals surface area contributed by atoms with Crippen molar-refractivity contribution in [3.05, 3.63) is 17.5 Å². The Morgan fingerprint density at radius 3 is 3.15 bits per heavy atom. The van der Waals surface area contributed by atoms with E-state index in [0.717, 1.165) is 30.6 Å². The highest BCUT2D eigenvalue weighted by atomic mass is 16.1. The number of Topliss-reactive ketones (excluding diaryl/α,β-unsaturated/α-hetero) is 1. The molecule has 1 aromatic heterocycles. The minimum absolute atomic E-state index is 0.351. The van der Waals surface area contributed by atoms with Crippen LogP contribution < -0.4 is 0 Å². The molecule has 0 N–H and O–H groups in total. The summed E-state index contributed by atoms with van der Waals surface area (Å²) in [6, 6.07) is 0. The topological polar surface area (TPSA) is 34.9 Å². The summed E-state index contributed by atoms with van der Waals surface area (Å²) in [6.07, 6.45) is 5.23. The lowest BCUT2D eigenvalue weighted by Crippen LogP contribution is -2.11. The number of aryl methyl sites for hydroxylation is 2. The second-order valence-electron chi connectivity index (χ2n) is 3.58. The molecule has 0 atom stereocenters. The van der Waals surface area contributed by atoms with Crippen LogP contribution in [0.25, 0.3) is 0 Å². The van der Waals surface area contributed by atoms with Crippen LogP contribution in [-0.4, -0.2) is 15.6 Å². The predicted molar refractivity (Wildman–Crippen MR) is 49.6 cm³/mol. The number of rotatable bonds is 2. The maximum absolute atomic E-state index is 11.2. The third kappa shape index (κ3) is 1.64. The molecule has 2 rings (SSSR count). The van der Waals surface area contributed by atoms with E-state index in [2.05, 4.69) is 12.0 Å². The predicted octanol–water partition coefficient (Wildman–Crippen LogP) is 1.35. The number of carbonyl (C=O) groups is 1. The minimum atomic E-state index is 0.351. The Morgan fingerprint density at radius 2 is 2.38 bits per heavy atom. The lowest BCUT2D eigenvalue weighted by atomic mass is 9.97. The zero-order valence-electron chi connectivity index (χ0n) is 7.92. The van der Waals surface area contributed by atoms with Crippen molar-refractivity contribution in [3.8, 4) is 0 Å². The van der Waals surface area contributed by atoms with E-state index in [9.17, 15) is 4.79 Å². The molecule has 0 bridgehead atoms. The van der Waals surface area contributed by atoms with E-state index in [-0.39, 0.29) is 0 Å². The van der Waals surface area contributed by atoms with Gasteiger partial charge in [-0.05, 0) is 12.8 Å². The molecule has 0 fully saturated rings. The quantitative estimate of drug-likeness (QED) is 0.685. The van der Waals surface area contributed by atoms with Gasteiger partial charge in [-0.2, -0.15) is 5.10 Å². The van der Waals surface area contributed by atoms with Gasteiger partial charge in [0, 0.05) is 31.1 Å². The fourth-order valence-electron chi connectivity index (χ4n) is 1.76. The summed E-state index contributed by atoms with van der Waals surface area (Å²) >= 11 is 0. The number of ketones is 1. The molecule has 3 nitrogen and oxygen atoms in total. The van der Waals surface area contributed by atoms with Gasteiger partial charge >= 0.3 is 0 Å². The zero-order valence-corrected chi connectivity index (χ0v) is 7.92. The van der Waals surface area contributed by atoms with Gasteiger partial charge in [-0.3, -0.25) is 9.48 Å². The maximum Gasteiger partial charge on any atom is 0.137 e. The third-order valence-electron chi connectivity index (χ3n) is 2.41. The molecule has 3 heteroatoms. The monoisotopic (exact) mass is 178 g/mol. The van der Waals surface area contributed by atoms with Crippen LogP contribution in [0.1, 0.15) is 31.0 Å². The average Bonchev–Trinajstić information content (AvgIpc) is 2.46. The minimum Gasteiger partial charge on any atom is -0.299 e. The molecule has 0 aliphatic heterocycles. The summed E-state index contributed by atoms with van der Waals surface area (Å²) in [4.78, 5) is 11.2. The Balaban J connectivity index is 2.23. The third-order valence-corrected chi connectivity index (χ3v) is 2.41. The first-order valence-corrected chi connectivity index (χ1v) is 4.86. The molecule has 0 unspecified atom stereocenters. The standard InChI is InChI=1S/C10H14N2O/c1-2-5-12-7-8-6-9(13)3-4-10(8)11-12/h7H,2-6H2,1H3. The van der Waals surface area contributed by atoms with E-state index in [1.807, 2.05) is 10.9 Å². The largest absolute Gasteiger partial charge is 0.299 e. The molecule has 13 heavy (non-hydrogen) atoms. The van der Waals surface area contributed by atoms with Crippen molar-refractivity contribution in [2.75, 3.05) is 0 Å². The molecule has 1 heterocycles. The van der Waals surface area contributed by atoms with Crippen molar-refractivity contribution in [2.24, 2.45) is 0 Å². The molecule has 1 aliphatic carbocycles. The van der Waals surface area contributed by atoms with Crippen molar-refractivity contribution in [2.45, 2.75) is 39.2 Å². The number of carbonyl (C=O) groups excluding carboxylic acids is 1. The van der Waals surface area contributed by atoms with E-state index < -0.39 is 0 Å². The maximum atomic E-state index is 11.2. The Labute approximate surface area is 77.7 Å². The van der Waals surface area contributed by atoms with Crippen LogP contribution in [0.5, 0.6) is 0 Å². The smallest absolute Gasteiger partial charge is 0.137 e. The van der Waals surface area contributed by atoms with Crippen molar-refractivity contribution < 1.29 is 4.79 Å². The van der Waals surface area contributed by atoms with Gasteiger partial charge < -0.3 is 0 Å². The summed E-state index contributed by atoms with van der Waals surface area (Å²) in [5.74, 6) is 0.351. The Morgan fingerprint density at radius 1 is 1.54 bits per heavy atom. The lowest BCUT2D eigenvalue weighted by molar-refractivity contribution is -0.118. The number of hydrogen-bond acceptors (Lipinski definition) is 2. The van der Waals surface area contributed by atoms with Crippen molar-refractivity contribution in [1.29, 1.82) is 0 Å². The summed E-state index contributed by atoms with van der Waals surface area (Å²) < 4.78 is 1.96. The van der Waals surface area contributed by atoms with Crippen molar-refractivity contribution in [3.63, 3.8) is 0 Å². The summed E-state index contributed by atoms with van der Waals surface area (Å²) in [5.41, 5.74) is 2.28. The van der Waals surface area contributed by atoms with Crippen LogP contribution >= 0.6 is 0 Å². The fraction of sp³-hybridized carbons (Fsp3) is 0.600. The molecule has 1 aliphatic rings. The first kappa shape index (κ1) is 8.48. The SMILES string of the molecule is CCCn1cc2c(n1)CCC(=O)C2. The molecule has 0 radical (unpaired) electrons. The molecule has 0 aromatic carbocycles. The highest BCUT2D eigenvalue weighted by Gasteiger charge is 2.18. The second kappa shape index (κ2) is 3.32. The highest BCUT2D eigenvalue weighted by Crippen LogP contribution is 2.17. The van der Waals surface area contributed by atoms with Crippen molar-refractivity contribution >= 4 is 5.78 Å². The molecular formula is C10H14N2O. The molecule has 0 amide bonds. The van der Waals surface area contributed by atoms with Gasteiger partial charge in [-0.25, -0.2) is 0 Å². The Bertz CT molecular complexity index is 328. The van der Waals surface area contributed by atoms with Gasteiger partial charge in [0.05, 0.1) is 5.69 Å². The molecule has 0 saturated carbocycles. The number of nitrogens with zero attached hydrogens (tertiary/aromatic N) is 2. The summed E-state index contributed by atoms with van der Waals surface area (Å²) in [6.45, 7) is 3.09. The van der Waals surface area contributed by atoms with E-state index in [0.29, 0.717) is 18.6 Å². The van der Waals surface area contributed by atoms with Crippen LogP contribution in [0.3, 0.4) is 0 Å². The Kier molecular flexibility index (Phi) is 2.17. The van der Waals surface area contributed by atoms with Crippen molar-refractivity contribution in [1.82, 2.24) is 9.78 Å². The number of hydrogen-bond donors (Lipinski definition) is 0. The average molecular weight is 178 g/mol. The van der Waals surface area contributed by atoms with E-state index in [1.165, 1.54) is 0 Å². The molecule has 1 aromatic rings. The molecule has 0 saturated heterocycles. The fourth-order valence-corrected chi connectivity index (χ4v) is 1.76. The normalized spacial score (nSPS) is 15.9. The van der Waals surface area contributed by atoms with E-state index in [4.69, 9.17) is 0 Å². The van der Waals surface area contributed by atoms with Crippen LogP contribution in [0, 0.1) is 0 Å². The second-order valence-corrected chi connectivity index (χ2v) is 3.58.